The van der Waals surface area contributed by atoms with Gasteiger partial charge in [-0.3, -0.25) is 5.41 Å². The first-order valence-electron chi connectivity index (χ1n) is 6.35. The van der Waals surface area contributed by atoms with Crippen LogP contribution in [-0.4, -0.2) is 32.7 Å². The average Bonchev–Trinajstić information content (AvgIpc) is 2.25. The second kappa shape index (κ2) is 9.93. The minimum atomic E-state index is -1.99. The van der Waals surface area contributed by atoms with Gasteiger partial charge in [0.1, 0.15) is 0 Å². The highest BCUT2D eigenvalue weighted by atomic mass is 32.2. The van der Waals surface area contributed by atoms with Crippen molar-refractivity contribution in [1.29, 1.82) is 5.41 Å². The lowest BCUT2D eigenvalue weighted by Crippen LogP contribution is -2.42. The van der Waals surface area contributed by atoms with Crippen LogP contribution in [0.4, 0.5) is 0 Å². The molecule has 3 N–H and O–H groups in total. The van der Waals surface area contributed by atoms with Crippen LogP contribution in [0.1, 0.15) is 33.6 Å². The van der Waals surface area contributed by atoms with Gasteiger partial charge in [-0.2, -0.15) is 0 Å². The molecule has 0 heterocycles. The minimum Gasteiger partial charge on any atom is -0.394 e. The highest BCUT2D eigenvalue weighted by Crippen LogP contribution is 2.24. The van der Waals surface area contributed by atoms with Crippen LogP contribution < -0.4 is 5.73 Å². The van der Waals surface area contributed by atoms with Crippen LogP contribution in [0.25, 0.3) is 0 Å². The zero-order valence-electron chi connectivity index (χ0n) is 11.3. The quantitative estimate of drug-likeness (QED) is 0.279. The lowest BCUT2D eigenvalue weighted by molar-refractivity contribution is 0.181. The number of hydrogen-bond donors (Lipinski definition) is 2. The van der Waals surface area contributed by atoms with Crippen LogP contribution in [0.2, 0.25) is 12.1 Å². The van der Waals surface area contributed by atoms with Crippen molar-refractivity contribution < 1.29 is 8.85 Å². The largest absolute Gasteiger partial charge is 0.394 e. The molecule has 0 spiro atoms. The van der Waals surface area contributed by atoms with E-state index in [1.807, 2.05) is 13.8 Å². The fraction of sp³-hybridized carbons (Fsp3) is 0.909. The SMILES string of the molecule is CCC[Si](CCCSC(=N)N)(OCC)OCC. The summed E-state index contributed by atoms with van der Waals surface area (Å²) in [5.74, 6) is 0.883. The predicted molar refractivity (Wildman–Crippen MR) is 77.9 cm³/mol. The average molecular weight is 278 g/mol. The standard InChI is InChI=1S/C11H26N2O2SSi/c1-4-9-17(14-5-2,15-6-3)10-7-8-16-11(12)13/h4-10H2,1-3H3,(H3,12,13). The number of amidine groups is 1. The number of rotatable bonds is 10. The maximum absolute atomic E-state index is 7.16. The van der Waals surface area contributed by atoms with Gasteiger partial charge in [0.05, 0.1) is 0 Å². The first kappa shape index (κ1) is 17.0. The number of hydrogen-bond acceptors (Lipinski definition) is 4. The molecule has 0 saturated carbocycles. The Morgan fingerprint density at radius 2 is 1.76 bits per heavy atom. The zero-order valence-corrected chi connectivity index (χ0v) is 13.1. The van der Waals surface area contributed by atoms with E-state index in [0.717, 1.165) is 43.9 Å². The van der Waals surface area contributed by atoms with Crippen molar-refractivity contribution in [3.05, 3.63) is 0 Å². The summed E-state index contributed by atoms with van der Waals surface area (Å²) in [5.41, 5.74) is 5.31. The third kappa shape index (κ3) is 7.80. The minimum absolute atomic E-state index is 0.195. The fourth-order valence-electron chi connectivity index (χ4n) is 1.89. The molecule has 0 atom stereocenters. The summed E-state index contributed by atoms with van der Waals surface area (Å²) in [5, 5.41) is 7.36. The Balaban J connectivity index is 4.18. The van der Waals surface area contributed by atoms with Crippen molar-refractivity contribution in [1.82, 2.24) is 0 Å². The van der Waals surface area contributed by atoms with Crippen molar-refractivity contribution in [2.45, 2.75) is 45.7 Å². The molecular weight excluding hydrogens is 252 g/mol. The van der Waals surface area contributed by atoms with Crippen LogP contribution in [0.5, 0.6) is 0 Å². The van der Waals surface area contributed by atoms with E-state index in [4.69, 9.17) is 20.0 Å². The van der Waals surface area contributed by atoms with Crippen LogP contribution in [0, 0.1) is 5.41 Å². The monoisotopic (exact) mass is 278 g/mol. The van der Waals surface area contributed by atoms with Crippen LogP contribution >= 0.6 is 11.8 Å². The fourth-order valence-corrected chi connectivity index (χ4v) is 6.09. The van der Waals surface area contributed by atoms with Gasteiger partial charge in [0, 0.05) is 19.0 Å². The first-order chi connectivity index (χ1) is 8.10. The van der Waals surface area contributed by atoms with E-state index in [0.29, 0.717) is 0 Å². The summed E-state index contributed by atoms with van der Waals surface area (Å²) in [6.07, 6.45) is 2.11. The molecule has 0 aliphatic heterocycles. The van der Waals surface area contributed by atoms with Gasteiger partial charge in [-0.25, -0.2) is 0 Å². The molecular formula is C11H26N2O2SSi. The smallest absolute Gasteiger partial charge is 0.338 e. The van der Waals surface area contributed by atoms with Crippen molar-refractivity contribution in [3.63, 3.8) is 0 Å². The van der Waals surface area contributed by atoms with E-state index in [-0.39, 0.29) is 5.17 Å². The molecule has 0 fully saturated rings. The summed E-state index contributed by atoms with van der Waals surface area (Å²) in [4.78, 5) is 0. The second-order valence-electron chi connectivity index (χ2n) is 3.84. The second-order valence-corrected chi connectivity index (χ2v) is 8.38. The van der Waals surface area contributed by atoms with Crippen molar-refractivity contribution in [2.75, 3.05) is 19.0 Å². The van der Waals surface area contributed by atoms with E-state index in [1.54, 1.807) is 0 Å². The number of nitrogens with one attached hydrogen (secondary N) is 1. The molecule has 0 amide bonds. The Labute approximate surface area is 110 Å². The van der Waals surface area contributed by atoms with Crippen LogP contribution in [0.15, 0.2) is 0 Å². The molecule has 0 radical (unpaired) electrons. The Kier molecular flexibility index (Phi) is 9.91. The lowest BCUT2D eigenvalue weighted by atomic mass is 10.6. The summed E-state index contributed by atoms with van der Waals surface area (Å²) in [6, 6.07) is 2.06. The molecule has 102 valence electrons. The number of thioether (sulfide) groups is 1. The number of nitrogens with two attached hydrogens (primary N) is 1. The normalized spacial score (nSPS) is 11.7. The molecule has 0 aliphatic rings. The highest BCUT2D eigenvalue weighted by molar-refractivity contribution is 8.13. The Hall–Kier alpha value is -0.0431. The van der Waals surface area contributed by atoms with Gasteiger partial charge in [0.2, 0.25) is 0 Å². The van der Waals surface area contributed by atoms with E-state index in [2.05, 4.69) is 6.92 Å². The van der Waals surface area contributed by atoms with Gasteiger partial charge >= 0.3 is 8.56 Å². The maximum Gasteiger partial charge on any atom is 0.338 e. The van der Waals surface area contributed by atoms with Gasteiger partial charge in [-0.15, -0.1) is 0 Å². The Bertz CT molecular complexity index is 201. The van der Waals surface area contributed by atoms with Gasteiger partial charge in [0.25, 0.3) is 0 Å². The molecule has 0 aromatic carbocycles. The molecule has 0 aromatic heterocycles. The van der Waals surface area contributed by atoms with E-state index >= 15 is 0 Å². The molecule has 0 rings (SSSR count). The molecule has 17 heavy (non-hydrogen) atoms. The summed E-state index contributed by atoms with van der Waals surface area (Å²) >= 11 is 1.40. The Morgan fingerprint density at radius 3 is 2.18 bits per heavy atom. The van der Waals surface area contributed by atoms with E-state index in [9.17, 15) is 0 Å². The zero-order chi connectivity index (χ0) is 13.1. The molecule has 0 aliphatic carbocycles. The summed E-state index contributed by atoms with van der Waals surface area (Å²) in [6.45, 7) is 7.68. The molecule has 0 unspecified atom stereocenters. The topological polar surface area (TPSA) is 68.3 Å². The van der Waals surface area contributed by atoms with Gasteiger partial charge in [-0.1, -0.05) is 25.1 Å². The summed E-state index contributed by atoms with van der Waals surface area (Å²) < 4.78 is 11.9. The van der Waals surface area contributed by atoms with Crippen LogP contribution in [0.3, 0.4) is 0 Å². The molecule has 4 nitrogen and oxygen atoms in total. The van der Waals surface area contributed by atoms with Crippen molar-refractivity contribution in [2.24, 2.45) is 5.73 Å². The molecule has 6 heteroatoms. The molecule has 0 aromatic rings. The van der Waals surface area contributed by atoms with E-state index < -0.39 is 8.56 Å². The third-order valence-corrected chi connectivity index (χ3v) is 7.22. The van der Waals surface area contributed by atoms with Gasteiger partial charge in [-0.05, 0) is 32.4 Å². The van der Waals surface area contributed by atoms with Crippen molar-refractivity contribution >= 4 is 25.5 Å². The highest BCUT2D eigenvalue weighted by Gasteiger charge is 2.35. The first-order valence-corrected chi connectivity index (χ1v) is 9.56. The summed E-state index contributed by atoms with van der Waals surface area (Å²) in [7, 11) is -1.99. The predicted octanol–water partition coefficient (Wildman–Crippen LogP) is 2.93. The van der Waals surface area contributed by atoms with E-state index in [1.165, 1.54) is 11.8 Å². The third-order valence-electron chi connectivity index (χ3n) is 2.41. The molecule has 0 saturated heterocycles. The lowest BCUT2D eigenvalue weighted by Gasteiger charge is -2.29. The van der Waals surface area contributed by atoms with Gasteiger partial charge < -0.3 is 14.6 Å². The van der Waals surface area contributed by atoms with Crippen LogP contribution in [-0.2, 0) is 8.85 Å². The van der Waals surface area contributed by atoms with Crippen molar-refractivity contribution in [3.8, 4) is 0 Å². The molecule has 0 bridgehead atoms. The maximum atomic E-state index is 7.16. The van der Waals surface area contributed by atoms with Gasteiger partial charge in [0.15, 0.2) is 5.17 Å². The Morgan fingerprint density at radius 1 is 1.18 bits per heavy atom.